The molecule has 1 saturated heterocycles. The molecule has 1 aromatic rings. The van der Waals surface area contributed by atoms with E-state index in [1.54, 1.807) is 12.0 Å². The van der Waals surface area contributed by atoms with Crippen LogP contribution in [0.1, 0.15) is 13.3 Å². The van der Waals surface area contributed by atoms with Crippen molar-refractivity contribution in [2.45, 2.75) is 19.4 Å². The summed E-state index contributed by atoms with van der Waals surface area (Å²) in [6.07, 6.45) is 0.784. The number of para-hydroxylation sites is 1. The molecule has 27 heavy (non-hydrogen) atoms. The highest BCUT2D eigenvalue weighted by molar-refractivity contribution is 5.83. The molecule has 0 spiro atoms. The van der Waals surface area contributed by atoms with Gasteiger partial charge in [0.25, 0.3) is 0 Å². The van der Waals surface area contributed by atoms with E-state index >= 15 is 0 Å². The van der Waals surface area contributed by atoms with E-state index in [4.69, 9.17) is 4.74 Å². The fourth-order valence-electron chi connectivity index (χ4n) is 3.14. The third-order valence-corrected chi connectivity index (χ3v) is 4.97. The van der Waals surface area contributed by atoms with Crippen LogP contribution in [0, 0.1) is 0 Å². The number of anilines is 1. The van der Waals surface area contributed by atoms with Gasteiger partial charge in [-0.1, -0.05) is 18.2 Å². The van der Waals surface area contributed by atoms with Crippen molar-refractivity contribution in [1.29, 1.82) is 0 Å². The molecule has 0 aliphatic carbocycles. The van der Waals surface area contributed by atoms with Gasteiger partial charge < -0.3 is 19.9 Å². The Kier molecular flexibility index (Phi) is 8.54. The summed E-state index contributed by atoms with van der Waals surface area (Å²) in [6, 6.07) is 9.94. The maximum absolute atomic E-state index is 12.8. The zero-order chi connectivity index (χ0) is 19.6. The predicted molar refractivity (Wildman–Crippen MR) is 107 cm³/mol. The van der Waals surface area contributed by atoms with Crippen LogP contribution in [0.15, 0.2) is 30.3 Å². The van der Waals surface area contributed by atoms with Gasteiger partial charge in [0.2, 0.25) is 11.8 Å². The summed E-state index contributed by atoms with van der Waals surface area (Å²) in [5.74, 6) is 0.0135. The van der Waals surface area contributed by atoms with E-state index in [0.29, 0.717) is 26.2 Å². The highest BCUT2D eigenvalue weighted by Gasteiger charge is 2.27. The van der Waals surface area contributed by atoms with E-state index in [9.17, 15) is 9.59 Å². The molecule has 1 aliphatic heterocycles. The second-order valence-corrected chi connectivity index (χ2v) is 6.94. The lowest BCUT2D eigenvalue weighted by atomic mass is 10.2. The van der Waals surface area contributed by atoms with Crippen LogP contribution in [0.3, 0.4) is 0 Å². The fraction of sp³-hybridized carbons (Fsp3) is 0.600. The monoisotopic (exact) mass is 376 g/mol. The molecule has 1 atom stereocenters. The molecule has 1 aromatic carbocycles. The Morgan fingerprint density at radius 3 is 2.48 bits per heavy atom. The molecule has 1 unspecified atom stereocenters. The number of hydrogen-bond acceptors (Lipinski definition) is 5. The number of piperazine rings is 1. The Bertz CT molecular complexity index is 588. The summed E-state index contributed by atoms with van der Waals surface area (Å²) in [6.45, 7) is 6.35. The number of hydrogen-bond donors (Lipinski definition) is 1. The lowest BCUT2D eigenvalue weighted by Gasteiger charge is -2.38. The van der Waals surface area contributed by atoms with Crippen LogP contribution in [0.2, 0.25) is 0 Å². The Labute approximate surface area is 162 Å². The van der Waals surface area contributed by atoms with Gasteiger partial charge in [-0.2, -0.15) is 0 Å². The number of likely N-dealkylation sites (N-methyl/N-ethyl adjacent to an activating group) is 1. The standard InChI is InChI=1S/C20H32N4O3/c1-17(22(2)16-19(25)21-10-7-15-27-3)20(26)24-13-11-23(12-14-24)18-8-5-4-6-9-18/h4-6,8-9,17H,7,10-16H2,1-3H3,(H,21,25). The first-order valence-electron chi connectivity index (χ1n) is 9.57. The zero-order valence-electron chi connectivity index (χ0n) is 16.7. The van der Waals surface area contributed by atoms with Crippen molar-refractivity contribution in [2.75, 3.05) is 64.9 Å². The van der Waals surface area contributed by atoms with Crippen LogP contribution >= 0.6 is 0 Å². The summed E-state index contributed by atoms with van der Waals surface area (Å²) >= 11 is 0. The van der Waals surface area contributed by atoms with Crippen LogP contribution < -0.4 is 10.2 Å². The molecule has 1 heterocycles. The van der Waals surface area contributed by atoms with E-state index in [1.165, 1.54) is 5.69 Å². The Balaban J connectivity index is 1.75. The van der Waals surface area contributed by atoms with Gasteiger partial charge >= 0.3 is 0 Å². The van der Waals surface area contributed by atoms with Crippen molar-refractivity contribution >= 4 is 17.5 Å². The second kappa shape index (κ2) is 10.9. The third-order valence-electron chi connectivity index (χ3n) is 4.97. The Hall–Kier alpha value is -2.12. The van der Waals surface area contributed by atoms with Gasteiger partial charge in [0.05, 0.1) is 12.6 Å². The molecule has 0 saturated carbocycles. The van der Waals surface area contributed by atoms with Gasteiger partial charge in [0.15, 0.2) is 0 Å². The largest absolute Gasteiger partial charge is 0.385 e. The second-order valence-electron chi connectivity index (χ2n) is 6.94. The molecule has 2 rings (SSSR count). The minimum absolute atomic E-state index is 0.0675. The number of ether oxygens (including phenoxy) is 1. The van der Waals surface area contributed by atoms with Crippen molar-refractivity contribution in [3.8, 4) is 0 Å². The number of nitrogens with zero attached hydrogens (tertiary/aromatic N) is 3. The maximum atomic E-state index is 12.8. The van der Waals surface area contributed by atoms with Crippen LogP contribution in [0.5, 0.6) is 0 Å². The Morgan fingerprint density at radius 1 is 1.19 bits per heavy atom. The number of amides is 2. The van der Waals surface area contributed by atoms with Gasteiger partial charge in [-0.3, -0.25) is 14.5 Å². The first-order valence-corrected chi connectivity index (χ1v) is 9.57. The van der Waals surface area contributed by atoms with Crippen molar-refractivity contribution in [2.24, 2.45) is 0 Å². The normalized spacial score (nSPS) is 15.7. The molecule has 0 aromatic heterocycles. The summed E-state index contributed by atoms with van der Waals surface area (Å²) in [7, 11) is 3.46. The maximum Gasteiger partial charge on any atom is 0.239 e. The van der Waals surface area contributed by atoms with Crippen molar-refractivity contribution < 1.29 is 14.3 Å². The summed E-state index contributed by atoms with van der Waals surface area (Å²) in [4.78, 5) is 30.8. The summed E-state index contributed by atoms with van der Waals surface area (Å²) in [5.41, 5.74) is 1.19. The highest BCUT2D eigenvalue weighted by atomic mass is 16.5. The van der Waals surface area contributed by atoms with E-state index < -0.39 is 0 Å². The molecule has 1 N–H and O–H groups in total. The minimum atomic E-state index is -0.321. The summed E-state index contributed by atoms with van der Waals surface area (Å²) < 4.78 is 4.96. The first-order chi connectivity index (χ1) is 13.0. The third kappa shape index (κ3) is 6.52. The SMILES string of the molecule is COCCCNC(=O)CN(C)C(C)C(=O)N1CCN(c2ccccc2)CC1. The number of nitrogens with one attached hydrogen (secondary N) is 1. The molecular formula is C20H32N4O3. The zero-order valence-corrected chi connectivity index (χ0v) is 16.7. The molecular weight excluding hydrogens is 344 g/mol. The number of benzene rings is 1. The van der Waals surface area contributed by atoms with E-state index in [0.717, 1.165) is 19.5 Å². The minimum Gasteiger partial charge on any atom is -0.385 e. The first kappa shape index (κ1) is 21.2. The van der Waals surface area contributed by atoms with Gasteiger partial charge in [-0.15, -0.1) is 0 Å². The average molecular weight is 377 g/mol. The van der Waals surface area contributed by atoms with Crippen molar-refractivity contribution in [1.82, 2.24) is 15.1 Å². The molecule has 1 fully saturated rings. The fourth-order valence-corrected chi connectivity index (χ4v) is 3.14. The van der Waals surface area contributed by atoms with Gasteiger partial charge in [0, 0.05) is 52.1 Å². The smallest absolute Gasteiger partial charge is 0.239 e. The lowest BCUT2D eigenvalue weighted by molar-refractivity contribution is -0.137. The van der Waals surface area contributed by atoms with Crippen LogP contribution in [0.25, 0.3) is 0 Å². The van der Waals surface area contributed by atoms with Crippen LogP contribution in [-0.2, 0) is 14.3 Å². The lowest BCUT2D eigenvalue weighted by Crippen LogP contribution is -2.54. The van der Waals surface area contributed by atoms with E-state index in [1.807, 2.05) is 37.1 Å². The molecule has 1 aliphatic rings. The summed E-state index contributed by atoms with van der Waals surface area (Å²) in [5, 5.41) is 2.85. The number of carbonyl (C=O) groups excluding carboxylic acids is 2. The molecule has 7 heteroatoms. The van der Waals surface area contributed by atoms with Crippen molar-refractivity contribution in [3.05, 3.63) is 30.3 Å². The molecule has 0 radical (unpaired) electrons. The van der Waals surface area contributed by atoms with Gasteiger partial charge in [0.1, 0.15) is 0 Å². The molecule has 2 amide bonds. The van der Waals surface area contributed by atoms with Gasteiger partial charge in [-0.25, -0.2) is 0 Å². The topological polar surface area (TPSA) is 65.1 Å². The number of carbonyl (C=O) groups is 2. The molecule has 150 valence electrons. The predicted octanol–water partition coefficient (Wildman–Crippen LogP) is 0.808. The van der Waals surface area contributed by atoms with E-state index in [2.05, 4.69) is 22.3 Å². The van der Waals surface area contributed by atoms with Crippen molar-refractivity contribution in [3.63, 3.8) is 0 Å². The number of methoxy groups -OCH3 is 1. The van der Waals surface area contributed by atoms with E-state index in [-0.39, 0.29) is 24.4 Å². The number of rotatable bonds is 9. The average Bonchev–Trinajstić information content (AvgIpc) is 2.71. The molecule has 0 bridgehead atoms. The quantitative estimate of drug-likeness (QED) is 0.646. The Morgan fingerprint density at radius 2 is 1.85 bits per heavy atom. The van der Waals surface area contributed by atoms with Gasteiger partial charge in [-0.05, 0) is 32.5 Å². The molecule has 7 nitrogen and oxygen atoms in total. The highest BCUT2D eigenvalue weighted by Crippen LogP contribution is 2.16. The van der Waals surface area contributed by atoms with Crippen LogP contribution in [0.4, 0.5) is 5.69 Å². The van der Waals surface area contributed by atoms with Crippen LogP contribution in [-0.4, -0.2) is 87.7 Å².